The van der Waals surface area contributed by atoms with E-state index >= 15 is 0 Å². The van der Waals surface area contributed by atoms with Crippen LogP contribution in [-0.2, 0) is 11.2 Å². The van der Waals surface area contributed by atoms with Gasteiger partial charge in [0.1, 0.15) is 0 Å². The molecule has 2 aromatic carbocycles. The van der Waals surface area contributed by atoms with Crippen LogP contribution in [0.2, 0.25) is 0 Å². The highest BCUT2D eigenvalue weighted by Gasteiger charge is 2.26. The van der Waals surface area contributed by atoms with Gasteiger partial charge in [0.15, 0.2) is 5.82 Å². The van der Waals surface area contributed by atoms with E-state index in [1.165, 1.54) is 0 Å². The molecule has 1 atom stereocenters. The van der Waals surface area contributed by atoms with Crippen LogP contribution in [0.25, 0.3) is 22.5 Å². The smallest absolute Gasteiger partial charge is 0.303 e. The normalized spacial score (nSPS) is 15.4. The summed E-state index contributed by atoms with van der Waals surface area (Å²) in [6, 6.07) is 20.6. The van der Waals surface area contributed by atoms with E-state index < -0.39 is 5.97 Å². The van der Waals surface area contributed by atoms with Crippen molar-refractivity contribution in [1.82, 2.24) is 9.97 Å². The predicted octanol–water partition coefficient (Wildman–Crippen LogP) is 5.84. The molecule has 5 nitrogen and oxygen atoms in total. The summed E-state index contributed by atoms with van der Waals surface area (Å²) in [5, 5.41) is 8.81. The lowest BCUT2D eigenvalue weighted by Gasteiger charge is -2.34. The fraction of sp³-hybridized carbons (Fsp3) is 0.370. The van der Waals surface area contributed by atoms with Crippen LogP contribution in [0, 0.1) is 5.92 Å². The van der Waals surface area contributed by atoms with Crippen molar-refractivity contribution in [1.29, 1.82) is 0 Å². The van der Waals surface area contributed by atoms with Gasteiger partial charge < -0.3 is 10.0 Å². The Bertz CT molecular complexity index is 1040. The molecule has 3 aromatic rings. The molecule has 166 valence electrons. The Labute approximate surface area is 190 Å². The number of rotatable bonds is 9. The molecule has 32 heavy (non-hydrogen) atoms. The molecule has 0 fully saturated rings. The molecule has 0 bridgehead atoms. The van der Waals surface area contributed by atoms with E-state index in [1.807, 2.05) is 36.4 Å². The highest BCUT2D eigenvalue weighted by Crippen LogP contribution is 2.35. The summed E-state index contributed by atoms with van der Waals surface area (Å²) in [6.45, 7) is 4.19. The number of carboxylic acids is 1. The molecule has 1 aliphatic heterocycles. The maximum absolute atomic E-state index is 10.7. The fourth-order valence-electron chi connectivity index (χ4n) is 4.43. The highest BCUT2D eigenvalue weighted by atomic mass is 16.4. The molecule has 0 spiro atoms. The Morgan fingerprint density at radius 2 is 1.50 bits per heavy atom. The molecular weight excluding hydrogens is 398 g/mol. The van der Waals surface area contributed by atoms with E-state index in [1.54, 1.807) is 0 Å². The molecule has 0 saturated carbocycles. The number of nitrogens with zero attached hydrogens (tertiary/aromatic N) is 3. The third-order valence-electron chi connectivity index (χ3n) is 5.98. The molecule has 0 saturated heterocycles. The van der Waals surface area contributed by atoms with Gasteiger partial charge in [0, 0.05) is 30.6 Å². The van der Waals surface area contributed by atoms with E-state index in [9.17, 15) is 4.79 Å². The predicted molar refractivity (Wildman–Crippen MR) is 129 cm³/mol. The van der Waals surface area contributed by atoms with Gasteiger partial charge in [-0.15, -0.1) is 0 Å². The number of hydrogen-bond acceptors (Lipinski definition) is 4. The van der Waals surface area contributed by atoms with E-state index in [-0.39, 0.29) is 6.42 Å². The van der Waals surface area contributed by atoms with Gasteiger partial charge in [-0.25, -0.2) is 9.97 Å². The first-order valence-electron chi connectivity index (χ1n) is 11.6. The van der Waals surface area contributed by atoms with E-state index in [0.29, 0.717) is 5.92 Å². The second kappa shape index (κ2) is 10.4. The Balaban J connectivity index is 1.62. The van der Waals surface area contributed by atoms with Gasteiger partial charge in [0.05, 0.1) is 17.1 Å². The number of anilines is 1. The number of carbonyl (C=O) groups is 1. The van der Waals surface area contributed by atoms with E-state index in [4.69, 9.17) is 15.1 Å². The summed E-state index contributed by atoms with van der Waals surface area (Å²) in [5.74, 6) is 0.823. The number of aromatic nitrogens is 2. The molecule has 0 amide bonds. The van der Waals surface area contributed by atoms with Crippen molar-refractivity contribution in [2.45, 2.75) is 45.4 Å². The zero-order valence-corrected chi connectivity index (χ0v) is 18.7. The first-order chi connectivity index (χ1) is 15.6. The van der Waals surface area contributed by atoms with Gasteiger partial charge in [0.2, 0.25) is 0 Å². The Hall–Kier alpha value is -3.21. The quantitative estimate of drug-likeness (QED) is 0.433. The average molecular weight is 430 g/mol. The standard InChI is InChI=1S/C27H31N3O2/c1-20-18-23-27(30(19-20)17-11-3-2-10-16-24(31)32)29-26(22-14-8-5-9-15-22)25(28-23)21-12-6-4-7-13-21/h4-9,12-15,20H,2-3,10-11,16-19H2,1H3,(H,31,32). The molecule has 0 radical (unpaired) electrons. The average Bonchev–Trinajstić information content (AvgIpc) is 2.81. The molecule has 1 N–H and O–H groups in total. The SMILES string of the molecule is CC1Cc2nc(-c3ccccc3)c(-c3ccccc3)nc2N(CCCCCCC(=O)O)C1. The van der Waals surface area contributed by atoms with Crippen LogP contribution < -0.4 is 4.90 Å². The molecule has 4 rings (SSSR count). The van der Waals surface area contributed by atoms with Crippen molar-refractivity contribution in [2.75, 3.05) is 18.0 Å². The lowest BCUT2D eigenvalue weighted by molar-refractivity contribution is -0.137. The van der Waals surface area contributed by atoms with Crippen LogP contribution in [0.15, 0.2) is 60.7 Å². The summed E-state index contributed by atoms with van der Waals surface area (Å²) >= 11 is 0. The largest absolute Gasteiger partial charge is 0.481 e. The van der Waals surface area contributed by atoms with Gasteiger partial charge in [-0.2, -0.15) is 0 Å². The minimum atomic E-state index is -0.707. The maximum atomic E-state index is 10.7. The molecule has 1 aliphatic rings. The number of carboxylic acid groups (broad SMARTS) is 1. The van der Waals surface area contributed by atoms with E-state index in [2.05, 4.69) is 36.1 Å². The first-order valence-corrected chi connectivity index (χ1v) is 11.6. The van der Waals surface area contributed by atoms with Crippen molar-refractivity contribution >= 4 is 11.8 Å². The minimum absolute atomic E-state index is 0.262. The summed E-state index contributed by atoms with van der Waals surface area (Å²) in [4.78, 5) is 23.5. The van der Waals surface area contributed by atoms with Gasteiger partial charge >= 0.3 is 5.97 Å². The fourth-order valence-corrected chi connectivity index (χ4v) is 4.43. The summed E-state index contributed by atoms with van der Waals surface area (Å²) < 4.78 is 0. The van der Waals surface area contributed by atoms with Crippen molar-refractivity contribution in [3.05, 3.63) is 66.4 Å². The number of unbranched alkanes of at least 4 members (excludes halogenated alkanes) is 3. The monoisotopic (exact) mass is 429 g/mol. The molecular formula is C27H31N3O2. The van der Waals surface area contributed by atoms with Crippen LogP contribution in [0.1, 0.15) is 44.7 Å². The second-order valence-electron chi connectivity index (χ2n) is 8.74. The second-order valence-corrected chi connectivity index (χ2v) is 8.74. The molecule has 5 heteroatoms. The van der Waals surface area contributed by atoms with Crippen molar-refractivity contribution in [3.63, 3.8) is 0 Å². The lowest BCUT2D eigenvalue weighted by Crippen LogP contribution is -2.36. The zero-order chi connectivity index (χ0) is 22.3. The molecule has 0 aliphatic carbocycles. The Morgan fingerprint density at radius 1 is 0.906 bits per heavy atom. The molecule has 2 heterocycles. The zero-order valence-electron chi connectivity index (χ0n) is 18.7. The molecule has 1 aromatic heterocycles. The Kier molecular flexibility index (Phi) is 7.15. The number of benzene rings is 2. The van der Waals surface area contributed by atoms with Crippen molar-refractivity contribution in [2.24, 2.45) is 5.92 Å². The number of fused-ring (bicyclic) bond motifs is 1. The topological polar surface area (TPSA) is 66.3 Å². The van der Waals surface area contributed by atoms with Gasteiger partial charge in [-0.3, -0.25) is 4.79 Å². The van der Waals surface area contributed by atoms with Crippen LogP contribution in [-0.4, -0.2) is 34.1 Å². The van der Waals surface area contributed by atoms with Crippen molar-refractivity contribution in [3.8, 4) is 22.5 Å². The van der Waals surface area contributed by atoms with Gasteiger partial charge in [0.25, 0.3) is 0 Å². The third kappa shape index (κ3) is 5.34. The number of hydrogen-bond donors (Lipinski definition) is 1. The summed E-state index contributed by atoms with van der Waals surface area (Å²) in [6.07, 6.45) is 4.98. The molecule has 1 unspecified atom stereocenters. The van der Waals surface area contributed by atoms with Crippen LogP contribution in [0.4, 0.5) is 5.82 Å². The Morgan fingerprint density at radius 3 is 2.12 bits per heavy atom. The van der Waals surface area contributed by atoms with Gasteiger partial charge in [-0.05, 0) is 25.2 Å². The summed E-state index contributed by atoms with van der Waals surface area (Å²) in [7, 11) is 0. The van der Waals surface area contributed by atoms with Crippen LogP contribution in [0.3, 0.4) is 0 Å². The van der Waals surface area contributed by atoms with E-state index in [0.717, 1.165) is 79.2 Å². The summed E-state index contributed by atoms with van der Waals surface area (Å²) in [5.41, 5.74) is 5.11. The highest BCUT2D eigenvalue weighted by molar-refractivity contribution is 5.79. The van der Waals surface area contributed by atoms with Gasteiger partial charge in [-0.1, -0.05) is 80.4 Å². The maximum Gasteiger partial charge on any atom is 0.303 e. The van der Waals surface area contributed by atoms with Crippen LogP contribution in [0.5, 0.6) is 0 Å². The van der Waals surface area contributed by atoms with Crippen LogP contribution >= 0.6 is 0 Å². The first kappa shape index (κ1) is 22.0. The lowest BCUT2D eigenvalue weighted by atomic mass is 9.97. The number of aliphatic carboxylic acids is 1. The third-order valence-corrected chi connectivity index (χ3v) is 5.98. The van der Waals surface area contributed by atoms with Crippen molar-refractivity contribution < 1.29 is 9.90 Å². The minimum Gasteiger partial charge on any atom is -0.481 e.